The lowest BCUT2D eigenvalue weighted by Gasteiger charge is -2.37. The summed E-state index contributed by atoms with van der Waals surface area (Å²) in [4.78, 5) is 29.6. The van der Waals surface area contributed by atoms with Crippen LogP contribution in [-0.4, -0.2) is 40.6 Å². The Balaban J connectivity index is 2.66. The highest BCUT2D eigenvalue weighted by atomic mass is 35.5. The average molecular weight is 475 g/mol. The zero-order chi connectivity index (χ0) is 24.6. The lowest BCUT2D eigenvalue weighted by molar-refractivity contribution is -0.0888. The molecule has 0 saturated heterocycles. The molecular formula is C22H23ClF4N2O3. The highest BCUT2D eigenvalue weighted by Crippen LogP contribution is 2.33. The van der Waals surface area contributed by atoms with Crippen molar-refractivity contribution in [2.24, 2.45) is 0 Å². The van der Waals surface area contributed by atoms with Crippen LogP contribution in [0.25, 0.3) is 11.3 Å². The summed E-state index contributed by atoms with van der Waals surface area (Å²) in [7, 11) is 1.42. The van der Waals surface area contributed by atoms with E-state index in [0.29, 0.717) is 0 Å². The molecule has 0 aliphatic carbocycles. The second-order valence-corrected chi connectivity index (χ2v) is 9.09. The second kappa shape index (κ2) is 8.69. The van der Waals surface area contributed by atoms with Crippen LogP contribution < -0.4 is 0 Å². The van der Waals surface area contributed by atoms with E-state index in [-0.39, 0.29) is 21.8 Å². The fourth-order valence-corrected chi connectivity index (χ4v) is 2.88. The minimum Gasteiger partial charge on any atom is -0.444 e. The summed E-state index contributed by atoms with van der Waals surface area (Å²) < 4.78 is 58.3. The summed E-state index contributed by atoms with van der Waals surface area (Å²) in [5.41, 5.74) is -2.52. The van der Waals surface area contributed by atoms with Crippen LogP contribution in [0.1, 0.15) is 50.7 Å². The van der Waals surface area contributed by atoms with Gasteiger partial charge in [-0.2, -0.15) is 13.2 Å². The molecule has 1 aromatic carbocycles. The SMILES string of the molecule is CN(C(=O)OC(C)(C)C)C(C)(C)c1cc(C(=O)C(F)(F)F)nc(-c2ccc(F)c(Cl)c2)c1. The molecule has 2 aromatic rings. The van der Waals surface area contributed by atoms with Gasteiger partial charge in [-0.15, -0.1) is 0 Å². The molecule has 174 valence electrons. The van der Waals surface area contributed by atoms with Crippen LogP contribution in [-0.2, 0) is 10.3 Å². The van der Waals surface area contributed by atoms with E-state index in [1.165, 1.54) is 30.1 Å². The van der Waals surface area contributed by atoms with Crippen LogP contribution in [0.3, 0.4) is 0 Å². The van der Waals surface area contributed by atoms with Crippen LogP contribution in [0.5, 0.6) is 0 Å². The molecule has 0 N–H and O–H groups in total. The fourth-order valence-electron chi connectivity index (χ4n) is 2.70. The second-order valence-electron chi connectivity index (χ2n) is 8.68. The van der Waals surface area contributed by atoms with Crippen LogP contribution >= 0.6 is 11.6 Å². The Hall–Kier alpha value is -2.68. The Morgan fingerprint density at radius 2 is 1.62 bits per heavy atom. The van der Waals surface area contributed by atoms with Gasteiger partial charge in [0, 0.05) is 12.6 Å². The van der Waals surface area contributed by atoms with E-state index in [1.54, 1.807) is 34.6 Å². The van der Waals surface area contributed by atoms with Gasteiger partial charge in [-0.05, 0) is 70.5 Å². The molecule has 0 aliphatic rings. The number of nitrogens with zero attached hydrogens (tertiary/aromatic N) is 2. The van der Waals surface area contributed by atoms with Gasteiger partial charge < -0.3 is 9.64 Å². The summed E-state index contributed by atoms with van der Waals surface area (Å²) in [5, 5.41) is -0.261. The number of Topliss-reactive ketones (excluding diaryl/α,β-unsaturated/α-hetero) is 1. The number of benzene rings is 1. The number of hydrogen-bond donors (Lipinski definition) is 0. The Bertz CT molecular complexity index is 1050. The number of hydrogen-bond acceptors (Lipinski definition) is 4. The number of pyridine rings is 1. The van der Waals surface area contributed by atoms with Gasteiger partial charge in [-0.1, -0.05) is 11.6 Å². The van der Waals surface area contributed by atoms with Gasteiger partial charge in [-0.25, -0.2) is 14.2 Å². The normalized spacial score (nSPS) is 12.5. The van der Waals surface area contributed by atoms with Crippen molar-refractivity contribution in [1.82, 2.24) is 9.88 Å². The fraction of sp³-hybridized carbons (Fsp3) is 0.409. The molecule has 0 aliphatic heterocycles. The third-order valence-electron chi connectivity index (χ3n) is 4.74. The molecule has 0 unspecified atom stereocenters. The third kappa shape index (κ3) is 5.76. The van der Waals surface area contributed by atoms with Gasteiger partial charge in [-0.3, -0.25) is 4.79 Å². The van der Waals surface area contributed by atoms with Crippen molar-refractivity contribution in [2.45, 2.75) is 51.9 Å². The van der Waals surface area contributed by atoms with Crippen LogP contribution in [0.2, 0.25) is 5.02 Å². The number of ketones is 1. The number of carbonyl (C=O) groups excluding carboxylic acids is 2. The van der Waals surface area contributed by atoms with Crippen molar-refractivity contribution in [3.63, 3.8) is 0 Å². The van der Waals surface area contributed by atoms with E-state index >= 15 is 0 Å². The van der Waals surface area contributed by atoms with Crippen molar-refractivity contribution in [1.29, 1.82) is 0 Å². The van der Waals surface area contributed by atoms with Crippen molar-refractivity contribution in [2.75, 3.05) is 7.05 Å². The predicted octanol–water partition coefficient (Wildman–Crippen LogP) is 6.39. The lowest BCUT2D eigenvalue weighted by Crippen LogP contribution is -2.45. The number of alkyl halides is 3. The topological polar surface area (TPSA) is 59.5 Å². The van der Waals surface area contributed by atoms with E-state index in [2.05, 4.69) is 4.98 Å². The van der Waals surface area contributed by atoms with E-state index < -0.39 is 40.7 Å². The molecule has 1 amide bonds. The van der Waals surface area contributed by atoms with Gasteiger partial charge in [0.15, 0.2) is 0 Å². The minimum atomic E-state index is -5.16. The molecule has 2 rings (SSSR count). The highest BCUT2D eigenvalue weighted by Gasteiger charge is 2.42. The number of rotatable bonds is 4. The van der Waals surface area contributed by atoms with Crippen LogP contribution in [0.4, 0.5) is 22.4 Å². The summed E-state index contributed by atoms with van der Waals surface area (Å²) in [6.45, 7) is 8.18. The molecule has 0 fully saturated rings. The average Bonchev–Trinajstić information content (AvgIpc) is 2.66. The van der Waals surface area contributed by atoms with Crippen molar-refractivity contribution in [3.8, 4) is 11.3 Å². The summed E-state index contributed by atoms with van der Waals surface area (Å²) in [6, 6.07) is 5.90. The maximum atomic E-state index is 13.6. The number of halogens is 5. The molecule has 5 nitrogen and oxygen atoms in total. The number of amides is 1. The summed E-state index contributed by atoms with van der Waals surface area (Å²) in [6.07, 6.45) is -5.88. The molecule has 0 spiro atoms. The Kier molecular flexibility index (Phi) is 6.95. The van der Waals surface area contributed by atoms with Gasteiger partial charge >= 0.3 is 12.3 Å². The molecule has 0 saturated carbocycles. The van der Waals surface area contributed by atoms with Gasteiger partial charge in [0.25, 0.3) is 5.78 Å². The number of ether oxygens (including phenoxy) is 1. The number of carbonyl (C=O) groups is 2. The van der Waals surface area contributed by atoms with E-state index in [4.69, 9.17) is 16.3 Å². The van der Waals surface area contributed by atoms with Crippen molar-refractivity contribution in [3.05, 3.63) is 52.4 Å². The molecule has 0 bridgehead atoms. The predicted molar refractivity (Wildman–Crippen MR) is 112 cm³/mol. The maximum absolute atomic E-state index is 13.6. The molecule has 1 heterocycles. The Labute approximate surface area is 188 Å². The molecule has 0 radical (unpaired) electrons. The van der Waals surface area contributed by atoms with Crippen molar-refractivity contribution >= 4 is 23.5 Å². The first-order chi connectivity index (χ1) is 14.4. The Morgan fingerprint density at radius 1 is 1.03 bits per heavy atom. The molecule has 1 aromatic heterocycles. The monoisotopic (exact) mass is 474 g/mol. The van der Waals surface area contributed by atoms with Crippen LogP contribution in [0.15, 0.2) is 30.3 Å². The minimum absolute atomic E-state index is 0.0392. The largest absolute Gasteiger partial charge is 0.456 e. The highest BCUT2D eigenvalue weighted by molar-refractivity contribution is 6.31. The standard InChI is InChI=1S/C22H23ClF4N2O3/c1-20(2,3)32-19(31)29(6)21(4,5)13-10-16(12-7-8-15(24)14(23)9-12)28-17(11-13)18(30)22(25,26)27/h7-11H,1-6H3. The zero-order valence-electron chi connectivity index (χ0n) is 18.4. The summed E-state index contributed by atoms with van der Waals surface area (Å²) in [5.74, 6) is -2.87. The maximum Gasteiger partial charge on any atom is 0.456 e. The van der Waals surface area contributed by atoms with Crippen molar-refractivity contribution < 1.29 is 31.9 Å². The first kappa shape index (κ1) is 25.6. The molecular weight excluding hydrogens is 452 g/mol. The Morgan fingerprint density at radius 3 is 2.12 bits per heavy atom. The molecule has 10 heteroatoms. The van der Waals surface area contributed by atoms with Gasteiger partial charge in [0.1, 0.15) is 17.1 Å². The molecule has 0 atom stereocenters. The van der Waals surface area contributed by atoms with Gasteiger partial charge in [0.2, 0.25) is 0 Å². The van der Waals surface area contributed by atoms with E-state index in [1.807, 2.05) is 0 Å². The van der Waals surface area contributed by atoms with Gasteiger partial charge in [0.05, 0.1) is 16.3 Å². The van der Waals surface area contributed by atoms with E-state index in [0.717, 1.165) is 12.1 Å². The zero-order valence-corrected chi connectivity index (χ0v) is 19.2. The first-order valence-electron chi connectivity index (χ1n) is 9.50. The first-order valence-corrected chi connectivity index (χ1v) is 9.87. The third-order valence-corrected chi connectivity index (χ3v) is 5.03. The summed E-state index contributed by atoms with van der Waals surface area (Å²) >= 11 is 5.80. The smallest absolute Gasteiger partial charge is 0.444 e. The quantitative estimate of drug-likeness (QED) is 0.380. The lowest BCUT2D eigenvalue weighted by atomic mass is 9.91. The number of aromatic nitrogens is 1. The van der Waals surface area contributed by atoms with E-state index in [9.17, 15) is 27.2 Å². The molecule has 32 heavy (non-hydrogen) atoms. The van der Waals surface area contributed by atoms with Crippen LogP contribution in [0, 0.1) is 5.82 Å².